The van der Waals surface area contributed by atoms with Crippen LogP contribution in [0.25, 0.3) is 0 Å². The number of rotatable bonds is 3. The van der Waals surface area contributed by atoms with Crippen LogP contribution in [0.2, 0.25) is 0 Å². The molecule has 0 saturated carbocycles. The lowest BCUT2D eigenvalue weighted by atomic mass is 9.93. The summed E-state index contributed by atoms with van der Waals surface area (Å²) in [5.41, 5.74) is 2.76. The lowest BCUT2D eigenvalue weighted by Crippen LogP contribution is -2.36. The molecule has 0 radical (unpaired) electrons. The number of hydrogen-bond donors (Lipinski definition) is 1. The zero-order valence-corrected chi connectivity index (χ0v) is 12.8. The van der Waals surface area contributed by atoms with Crippen LogP contribution in [0.3, 0.4) is 0 Å². The van der Waals surface area contributed by atoms with Crippen molar-refractivity contribution >= 4 is 5.91 Å². The van der Waals surface area contributed by atoms with Gasteiger partial charge in [-0.05, 0) is 38.5 Å². The van der Waals surface area contributed by atoms with Crippen molar-refractivity contribution in [2.45, 2.75) is 64.5 Å². The van der Waals surface area contributed by atoms with E-state index in [1.165, 1.54) is 12.1 Å². The van der Waals surface area contributed by atoms with Gasteiger partial charge in [0.15, 0.2) is 5.69 Å². The molecule has 1 atom stereocenters. The van der Waals surface area contributed by atoms with Crippen LogP contribution in [0.5, 0.6) is 0 Å². The van der Waals surface area contributed by atoms with Crippen LogP contribution in [-0.2, 0) is 19.4 Å². The summed E-state index contributed by atoms with van der Waals surface area (Å²) in [6, 6.07) is 0. The summed E-state index contributed by atoms with van der Waals surface area (Å²) in [7, 11) is 0. The van der Waals surface area contributed by atoms with E-state index >= 15 is 0 Å². The highest BCUT2D eigenvalue weighted by Crippen LogP contribution is 2.26. The number of fused-ring (bicyclic) bond motifs is 1. The Morgan fingerprint density at radius 2 is 2.10 bits per heavy atom. The maximum absolute atomic E-state index is 12.8. The van der Waals surface area contributed by atoms with Crippen molar-refractivity contribution in [3.8, 4) is 0 Å². The van der Waals surface area contributed by atoms with Crippen molar-refractivity contribution in [2.75, 3.05) is 13.1 Å². The van der Waals surface area contributed by atoms with E-state index in [4.69, 9.17) is 0 Å². The predicted molar refractivity (Wildman–Crippen MR) is 80.3 cm³/mol. The fraction of sp³-hybridized carbons (Fsp3) is 0.750. The molecular formula is C16H25N3O2. The fourth-order valence-electron chi connectivity index (χ4n) is 3.48. The molecule has 116 valence electrons. The Labute approximate surface area is 125 Å². The lowest BCUT2D eigenvalue weighted by molar-refractivity contribution is 0.0715. The summed E-state index contributed by atoms with van der Waals surface area (Å²) in [4.78, 5) is 14.7. The van der Waals surface area contributed by atoms with Gasteiger partial charge in [0.2, 0.25) is 0 Å². The highest BCUT2D eigenvalue weighted by molar-refractivity contribution is 5.94. The van der Waals surface area contributed by atoms with E-state index in [2.05, 4.69) is 12.0 Å². The van der Waals surface area contributed by atoms with Gasteiger partial charge in [-0.3, -0.25) is 9.48 Å². The van der Waals surface area contributed by atoms with Crippen LogP contribution in [-0.4, -0.2) is 44.9 Å². The average Bonchev–Trinajstić information content (AvgIpc) is 2.86. The first-order chi connectivity index (χ1) is 10.2. The maximum atomic E-state index is 12.8. The van der Waals surface area contributed by atoms with Gasteiger partial charge < -0.3 is 10.0 Å². The van der Waals surface area contributed by atoms with Crippen LogP contribution in [0, 0.1) is 0 Å². The number of piperidine rings is 1. The molecule has 5 nitrogen and oxygen atoms in total. The lowest BCUT2D eigenvalue weighted by Gasteiger charge is -2.26. The van der Waals surface area contributed by atoms with Crippen molar-refractivity contribution in [3.05, 3.63) is 17.0 Å². The van der Waals surface area contributed by atoms with E-state index in [0.717, 1.165) is 57.3 Å². The summed E-state index contributed by atoms with van der Waals surface area (Å²) >= 11 is 0. The number of aliphatic hydroxyl groups excluding tert-OH is 1. The Balaban J connectivity index is 1.91. The Bertz CT molecular complexity index is 518. The molecule has 1 amide bonds. The minimum Gasteiger partial charge on any atom is -0.393 e. The van der Waals surface area contributed by atoms with Crippen molar-refractivity contribution in [1.82, 2.24) is 14.7 Å². The molecule has 0 spiro atoms. The maximum Gasteiger partial charge on any atom is 0.274 e. The first-order valence-electron chi connectivity index (χ1n) is 8.26. The van der Waals surface area contributed by atoms with E-state index in [9.17, 15) is 9.90 Å². The molecule has 1 aliphatic carbocycles. The standard InChI is InChI=1S/C16H25N3O2/c1-2-8-19-14-7-6-12(20)11-13(14)15(17-19)16(21)18-9-4-3-5-10-18/h12,20H,2-11H2,1H3. The number of carbonyl (C=O) groups excluding carboxylic acids is 1. The van der Waals surface area contributed by atoms with Gasteiger partial charge in [-0.15, -0.1) is 0 Å². The van der Waals surface area contributed by atoms with Crippen molar-refractivity contribution in [3.63, 3.8) is 0 Å². The Hall–Kier alpha value is -1.36. The van der Waals surface area contributed by atoms with Crippen molar-refractivity contribution in [2.24, 2.45) is 0 Å². The van der Waals surface area contributed by atoms with E-state index in [1.54, 1.807) is 0 Å². The van der Waals surface area contributed by atoms with Gasteiger partial charge in [0.25, 0.3) is 5.91 Å². The smallest absolute Gasteiger partial charge is 0.274 e. The molecule has 3 rings (SSSR count). The van der Waals surface area contributed by atoms with Crippen LogP contribution in [0.1, 0.15) is 60.8 Å². The van der Waals surface area contributed by atoms with E-state index in [-0.39, 0.29) is 12.0 Å². The van der Waals surface area contributed by atoms with Crippen LogP contribution < -0.4 is 0 Å². The van der Waals surface area contributed by atoms with Gasteiger partial charge in [-0.1, -0.05) is 6.92 Å². The molecule has 5 heteroatoms. The third-order valence-electron chi connectivity index (χ3n) is 4.60. The SMILES string of the molecule is CCCn1nc(C(=O)N2CCCCC2)c2c1CCC(O)C2. The summed E-state index contributed by atoms with van der Waals surface area (Å²) < 4.78 is 2.00. The molecule has 1 aliphatic heterocycles. The number of aliphatic hydroxyl groups is 1. The number of likely N-dealkylation sites (tertiary alicyclic amines) is 1. The highest BCUT2D eigenvalue weighted by atomic mass is 16.3. The Morgan fingerprint density at radius 3 is 2.81 bits per heavy atom. The molecule has 2 heterocycles. The number of nitrogens with zero attached hydrogens (tertiary/aromatic N) is 3. The van der Waals surface area contributed by atoms with E-state index < -0.39 is 0 Å². The van der Waals surface area contributed by atoms with Crippen molar-refractivity contribution < 1.29 is 9.90 Å². The second-order valence-electron chi connectivity index (χ2n) is 6.25. The molecule has 0 bridgehead atoms. The molecule has 1 N–H and O–H groups in total. The largest absolute Gasteiger partial charge is 0.393 e. The molecular weight excluding hydrogens is 266 g/mol. The van der Waals surface area contributed by atoms with Gasteiger partial charge in [0, 0.05) is 37.3 Å². The monoisotopic (exact) mass is 291 g/mol. The van der Waals surface area contributed by atoms with Crippen molar-refractivity contribution in [1.29, 1.82) is 0 Å². The topological polar surface area (TPSA) is 58.4 Å². The van der Waals surface area contributed by atoms with E-state index in [0.29, 0.717) is 12.1 Å². The van der Waals surface area contributed by atoms with Crippen LogP contribution >= 0.6 is 0 Å². The first kappa shape index (κ1) is 14.6. The Morgan fingerprint density at radius 1 is 1.33 bits per heavy atom. The highest BCUT2D eigenvalue weighted by Gasteiger charge is 2.30. The molecule has 1 saturated heterocycles. The summed E-state index contributed by atoms with van der Waals surface area (Å²) in [6.07, 6.45) is 6.26. The summed E-state index contributed by atoms with van der Waals surface area (Å²) in [5.74, 6) is 0.0647. The summed E-state index contributed by atoms with van der Waals surface area (Å²) in [6.45, 7) is 4.66. The van der Waals surface area contributed by atoms with Gasteiger partial charge >= 0.3 is 0 Å². The average molecular weight is 291 g/mol. The number of hydrogen-bond acceptors (Lipinski definition) is 3. The third kappa shape index (κ3) is 2.84. The zero-order valence-electron chi connectivity index (χ0n) is 12.8. The molecule has 1 fully saturated rings. The number of amides is 1. The second kappa shape index (κ2) is 6.18. The summed E-state index contributed by atoms with van der Waals surface area (Å²) in [5, 5.41) is 14.6. The molecule has 1 aromatic rings. The molecule has 1 aromatic heterocycles. The van der Waals surface area contributed by atoms with Gasteiger partial charge in [-0.25, -0.2) is 0 Å². The number of carbonyl (C=O) groups is 1. The molecule has 2 aliphatic rings. The first-order valence-corrected chi connectivity index (χ1v) is 8.26. The normalized spacial score (nSPS) is 22.2. The van der Waals surface area contributed by atoms with E-state index in [1.807, 2.05) is 9.58 Å². The molecule has 0 aromatic carbocycles. The third-order valence-corrected chi connectivity index (χ3v) is 4.60. The number of aromatic nitrogens is 2. The van der Waals surface area contributed by atoms with Crippen LogP contribution in [0.4, 0.5) is 0 Å². The molecule has 21 heavy (non-hydrogen) atoms. The zero-order chi connectivity index (χ0) is 14.8. The van der Waals surface area contributed by atoms with Gasteiger partial charge in [0.05, 0.1) is 6.10 Å². The predicted octanol–water partition coefficient (Wildman–Crippen LogP) is 1.77. The van der Waals surface area contributed by atoms with Crippen LogP contribution in [0.15, 0.2) is 0 Å². The quantitative estimate of drug-likeness (QED) is 0.923. The van der Waals surface area contributed by atoms with Gasteiger partial charge in [-0.2, -0.15) is 5.10 Å². The minimum absolute atomic E-state index is 0.0647. The fourth-order valence-corrected chi connectivity index (χ4v) is 3.48. The molecule has 1 unspecified atom stereocenters. The number of aryl methyl sites for hydroxylation is 1. The Kier molecular flexibility index (Phi) is 4.29. The van der Waals surface area contributed by atoms with Gasteiger partial charge in [0.1, 0.15) is 0 Å². The second-order valence-corrected chi connectivity index (χ2v) is 6.25. The minimum atomic E-state index is -0.329.